The number of halogens is 4. The first-order chi connectivity index (χ1) is 9.41. The summed E-state index contributed by atoms with van der Waals surface area (Å²) in [6.45, 7) is 0. The summed E-state index contributed by atoms with van der Waals surface area (Å²) in [6.07, 6.45) is -2.82. The molecule has 7 heteroatoms. The van der Waals surface area contributed by atoms with Gasteiger partial charge >= 0.3 is 6.18 Å². The molecule has 1 atom stereocenters. The van der Waals surface area contributed by atoms with Crippen LogP contribution in [0.25, 0.3) is 0 Å². The number of rotatable bonds is 3. The van der Waals surface area contributed by atoms with E-state index in [0.717, 1.165) is 16.6 Å². The summed E-state index contributed by atoms with van der Waals surface area (Å²) in [4.78, 5) is 4.15. The van der Waals surface area contributed by atoms with Crippen LogP contribution in [0.2, 0.25) is 0 Å². The molecule has 2 rings (SSSR count). The SMILES string of the molecule is NNC(c1cccc(C(F)(F)F)c1)c1ccc(Br)cn1. The average Bonchev–Trinajstić information content (AvgIpc) is 2.41. The van der Waals surface area contributed by atoms with Gasteiger partial charge in [0.15, 0.2) is 0 Å². The molecule has 0 saturated carbocycles. The number of pyridine rings is 1. The lowest BCUT2D eigenvalue weighted by Gasteiger charge is -2.17. The van der Waals surface area contributed by atoms with E-state index in [4.69, 9.17) is 5.84 Å². The van der Waals surface area contributed by atoms with Gasteiger partial charge < -0.3 is 0 Å². The van der Waals surface area contributed by atoms with Crippen molar-refractivity contribution < 1.29 is 13.2 Å². The van der Waals surface area contributed by atoms with E-state index < -0.39 is 17.8 Å². The van der Waals surface area contributed by atoms with Crippen LogP contribution in [0.3, 0.4) is 0 Å². The zero-order valence-corrected chi connectivity index (χ0v) is 11.7. The number of alkyl halides is 3. The van der Waals surface area contributed by atoms with Gasteiger partial charge in [0.25, 0.3) is 0 Å². The van der Waals surface area contributed by atoms with Crippen molar-refractivity contribution in [1.29, 1.82) is 0 Å². The van der Waals surface area contributed by atoms with E-state index in [2.05, 4.69) is 26.3 Å². The summed E-state index contributed by atoms with van der Waals surface area (Å²) in [5, 5.41) is 0. The number of benzene rings is 1. The molecule has 2 aromatic rings. The van der Waals surface area contributed by atoms with E-state index in [-0.39, 0.29) is 0 Å². The van der Waals surface area contributed by atoms with Gasteiger partial charge in [-0.05, 0) is 45.8 Å². The van der Waals surface area contributed by atoms with Crippen molar-refractivity contribution in [3.63, 3.8) is 0 Å². The van der Waals surface area contributed by atoms with Crippen LogP contribution in [0, 0.1) is 0 Å². The number of aromatic nitrogens is 1. The monoisotopic (exact) mass is 345 g/mol. The molecule has 0 aliphatic rings. The van der Waals surface area contributed by atoms with Crippen LogP contribution in [-0.2, 0) is 6.18 Å². The third kappa shape index (κ3) is 3.36. The third-order valence-electron chi connectivity index (χ3n) is 2.76. The number of nitrogens with two attached hydrogens (primary N) is 1. The molecule has 0 bridgehead atoms. The van der Waals surface area contributed by atoms with Crippen LogP contribution >= 0.6 is 15.9 Å². The highest BCUT2D eigenvalue weighted by atomic mass is 79.9. The lowest BCUT2D eigenvalue weighted by atomic mass is 10.0. The molecule has 1 unspecified atom stereocenters. The molecular weight excluding hydrogens is 335 g/mol. The lowest BCUT2D eigenvalue weighted by Crippen LogP contribution is -2.29. The Morgan fingerprint density at radius 2 is 1.95 bits per heavy atom. The van der Waals surface area contributed by atoms with Gasteiger partial charge in [0.1, 0.15) is 0 Å². The van der Waals surface area contributed by atoms with E-state index in [1.165, 1.54) is 6.07 Å². The van der Waals surface area contributed by atoms with Crippen LogP contribution in [-0.4, -0.2) is 4.98 Å². The molecule has 3 nitrogen and oxygen atoms in total. The molecule has 0 radical (unpaired) electrons. The third-order valence-corrected chi connectivity index (χ3v) is 3.23. The quantitative estimate of drug-likeness (QED) is 0.662. The fourth-order valence-corrected chi connectivity index (χ4v) is 2.04. The Hall–Kier alpha value is -1.44. The van der Waals surface area contributed by atoms with Gasteiger partial charge in [0, 0.05) is 10.7 Å². The van der Waals surface area contributed by atoms with Crippen LogP contribution < -0.4 is 11.3 Å². The summed E-state index contributed by atoms with van der Waals surface area (Å²) in [5.74, 6) is 5.45. The molecule has 0 spiro atoms. The topological polar surface area (TPSA) is 50.9 Å². The van der Waals surface area contributed by atoms with Crippen molar-refractivity contribution in [2.24, 2.45) is 5.84 Å². The standard InChI is InChI=1S/C13H11BrF3N3/c14-10-4-5-11(19-7-10)12(20-18)8-2-1-3-9(6-8)13(15,16)17/h1-7,12,20H,18H2. The zero-order chi connectivity index (χ0) is 14.8. The minimum atomic E-state index is -4.39. The van der Waals surface area contributed by atoms with Gasteiger partial charge in [-0.2, -0.15) is 13.2 Å². The first-order valence-electron chi connectivity index (χ1n) is 5.66. The molecule has 1 aromatic heterocycles. The van der Waals surface area contributed by atoms with E-state index in [1.54, 1.807) is 24.4 Å². The molecule has 1 aromatic carbocycles. The fourth-order valence-electron chi connectivity index (χ4n) is 1.80. The van der Waals surface area contributed by atoms with Crippen molar-refractivity contribution in [3.05, 3.63) is 63.9 Å². The van der Waals surface area contributed by atoms with Gasteiger partial charge in [-0.25, -0.2) is 5.43 Å². The number of nitrogens with one attached hydrogen (secondary N) is 1. The highest BCUT2D eigenvalue weighted by molar-refractivity contribution is 9.10. The Labute approximate surface area is 122 Å². The first kappa shape index (κ1) is 15.0. The number of hydrazine groups is 1. The molecular formula is C13H11BrF3N3. The molecule has 0 saturated heterocycles. The van der Waals surface area contributed by atoms with Crippen LogP contribution in [0.15, 0.2) is 47.1 Å². The summed E-state index contributed by atoms with van der Waals surface area (Å²) < 4.78 is 38.9. The summed E-state index contributed by atoms with van der Waals surface area (Å²) in [6, 6.07) is 7.84. The van der Waals surface area contributed by atoms with E-state index in [0.29, 0.717) is 11.3 Å². The number of nitrogens with zero attached hydrogens (tertiary/aromatic N) is 1. The van der Waals surface area contributed by atoms with Gasteiger partial charge in [0.05, 0.1) is 17.3 Å². The highest BCUT2D eigenvalue weighted by Crippen LogP contribution is 2.31. The van der Waals surface area contributed by atoms with Crippen molar-refractivity contribution in [3.8, 4) is 0 Å². The van der Waals surface area contributed by atoms with Crippen molar-refractivity contribution in [1.82, 2.24) is 10.4 Å². The zero-order valence-electron chi connectivity index (χ0n) is 10.2. The minimum absolute atomic E-state index is 0.400. The second-order valence-corrected chi connectivity index (χ2v) is 5.04. The molecule has 1 heterocycles. The molecule has 0 aliphatic carbocycles. The molecule has 0 aliphatic heterocycles. The first-order valence-corrected chi connectivity index (χ1v) is 6.46. The van der Waals surface area contributed by atoms with Gasteiger partial charge in [-0.15, -0.1) is 0 Å². The van der Waals surface area contributed by atoms with Gasteiger partial charge in [-0.1, -0.05) is 12.1 Å². The Balaban J connectivity index is 2.39. The van der Waals surface area contributed by atoms with Gasteiger partial charge in [-0.3, -0.25) is 10.8 Å². The van der Waals surface area contributed by atoms with Crippen LogP contribution in [0.4, 0.5) is 13.2 Å². The minimum Gasteiger partial charge on any atom is -0.271 e. The van der Waals surface area contributed by atoms with Crippen molar-refractivity contribution >= 4 is 15.9 Å². The average molecular weight is 346 g/mol. The van der Waals surface area contributed by atoms with Crippen molar-refractivity contribution in [2.75, 3.05) is 0 Å². The normalized spacial score (nSPS) is 13.2. The Morgan fingerprint density at radius 1 is 1.20 bits per heavy atom. The van der Waals surface area contributed by atoms with Gasteiger partial charge in [0.2, 0.25) is 0 Å². The molecule has 20 heavy (non-hydrogen) atoms. The molecule has 0 fully saturated rings. The second-order valence-electron chi connectivity index (χ2n) is 4.12. The van der Waals surface area contributed by atoms with Crippen LogP contribution in [0.1, 0.15) is 22.9 Å². The maximum Gasteiger partial charge on any atom is 0.416 e. The maximum atomic E-state index is 12.7. The largest absolute Gasteiger partial charge is 0.416 e. The molecule has 3 N–H and O–H groups in total. The Kier molecular flexibility index (Phi) is 4.42. The Bertz CT molecular complexity index is 584. The summed E-state index contributed by atoms with van der Waals surface area (Å²) in [5.41, 5.74) is 2.71. The second kappa shape index (κ2) is 5.90. The fraction of sp³-hybridized carbons (Fsp3) is 0.154. The van der Waals surface area contributed by atoms with E-state index in [9.17, 15) is 13.2 Å². The number of hydrogen-bond acceptors (Lipinski definition) is 3. The summed E-state index contributed by atoms with van der Waals surface area (Å²) >= 11 is 3.25. The lowest BCUT2D eigenvalue weighted by molar-refractivity contribution is -0.137. The van der Waals surface area contributed by atoms with E-state index in [1.807, 2.05) is 0 Å². The smallest absolute Gasteiger partial charge is 0.271 e. The summed E-state index contributed by atoms with van der Waals surface area (Å²) in [7, 11) is 0. The maximum absolute atomic E-state index is 12.7. The van der Waals surface area contributed by atoms with E-state index >= 15 is 0 Å². The predicted octanol–water partition coefficient (Wildman–Crippen LogP) is 3.42. The molecule has 106 valence electrons. The van der Waals surface area contributed by atoms with Crippen LogP contribution in [0.5, 0.6) is 0 Å². The van der Waals surface area contributed by atoms with Crippen molar-refractivity contribution in [2.45, 2.75) is 12.2 Å². The predicted molar refractivity (Wildman–Crippen MR) is 72.5 cm³/mol. The Morgan fingerprint density at radius 3 is 2.50 bits per heavy atom. The molecule has 0 amide bonds. The number of hydrogen-bond donors (Lipinski definition) is 2. The highest BCUT2D eigenvalue weighted by Gasteiger charge is 2.31.